The molecule has 0 unspecified atom stereocenters. The highest BCUT2D eigenvalue weighted by Crippen LogP contribution is 2.41. The number of likely N-dealkylation sites (tertiary alicyclic amines) is 1. The summed E-state index contributed by atoms with van der Waals surface area (Å²) in [7, 11) is 0. The number of aliphatic hydroxyl groups is 1. The quantitative estimate of drug-likeness (QED) is 0.698. The maximum Gasteiger partial charge on any atom is 0.222 e. The van der Waals surface area contributed by atoms with Crippen LogP contribution in [0.4, 0.5) is 0 Å². The van der Waals surface area contributed by atoms with E-state index in [9.17, 15) is 9.90 Å². The Morgan fingerprint density at radius 1 is 1.21 bits per heavy atom. The lowest BCUT2D eigenvalue weighted by atomic mass is 9.77. The van der Waals surface area contributed by atoms with Crippen molar-refractivity contribution in [1.29, 1.82) is 0 Å². The summed E-state index contributed by atoms with van der Waals surface area (Å²) in [5.74, 6) is 1.05. The molecule has 29 heavy (non-hydrogen) atoms. The van der Waals surface area contributed by atoms with Crippen molar-refractivity contribution in [3.8, 4) is 0 Å². The van der Waals surface area contributed by atoms with Gasteiger partial charge in [0.15, 0.2) is 0 Å². The minimum Gasteiger partial charge on any atom is -0.391 e. The SMILES string of the molecule is O=C(CCCc1nc2ccccc2s1)N1C[C@H]2C[C@@H](n3cncn3)[C@H](O)C[C@H]2C1. The molecule has 0 radical (unpaired) electrons. The van der Waals surface area contributed by atoms with Crippen LogP contribution in [0.15, 0.2) is 36.9 Å². The number of carbonyl (C=O) groups excluding carboxylic acids is 1. The number of benzene rings is 1. The summed E-state index contributed by atoms with van der Waals surface area (Å²) in [6.07, 6.45) is 6.57. The van der Waals surface area contributed by atoms with Gasteiger partial charge in [0.05, 0.1) is 27.4 Å². The highest BCUT2D eigenvalue weighted by atomic mass is 32.1. The molecule has 1 amide bonds. The van der Waals surface area contributed by atoms with Gasteiger partial charge in [0.1, 0.15) is 12.7 Å². The molecule has 3 heterocycles. The molecule has 3 aromatic rings. The van der Waals surface area contributed by atoms with E-state index in [1.54, 1.807) is 22.3 Å². The van der Waals surface area contributed by atoms with Crippen LogP contribution >= 0.6 is 11.3 Å². The van der Waals surface area contributed by atoms with Gasteiger partial charge in [-0.3, -0.25) is 4.79 Å². The Labute approximate surface area is 173 Å². The lowest BCUT2D eigenvalue weighted by Gasteiger charge is -2.34. The molecule has 5 rings (SSSR count). The third-order valence-corrected chi connectivity index (χ3v) is 7.45. The van der Waals surface area contributed by atoms with Crippen molar-refractivity contribution in [2.45, 2.75) is 44.2 Å². The number of rotatable bonds is 5. The number of amides is 1. The first-order valence-corrected chi connectivity index (χ1v) is 11.1. The predicted octanol–water partition coefficient (Wildman–Crippen LogP) is 2.68. The van der Waals surface area contributed by atoms with Crippen LogP contribution < -0.4 is 0 Å². The van der Waals surface area contributed by atoms with Gasteiger partial charge in [-0.2, -0.15) is 5.10 Å². The molecule has 8 heteroatoms. The molecule has 1 N–H and O–H groups in total. The molecule has 1 saturated heterocycles. The molecule has 2 fully saturated rings. The third-order valence-electron chi connectivity index (χ3n) is 6.36. The summed E-state index contributed by atoms with van der Waals surface area (Å²) in [6.45, 7) is 1.56. The van der Waals surface area contributed by atoms with Crippen molar-refractivity contribution in [2.24, 2.45) is 11.8 Å². The lowest BCUT2D eigenvalue weighted by molar-refractivity contribution is -0.130. The Balaban J connectivity index is 1.14. The Morgan fingerprint density at radius 3 is 2.83 bits per heavy atom. The fraction of sp³-hybridized carbons (Fsp3) is 0.524. The number of aliphatic hydroxyl groups excluding tert-OH is 1. The smallest absolute Gasteiger partial charge is 0.222 e. The molecule has 0 spiro atoms. The van der Waals surface area contributed by atoms with Crippen molar-refractivity contribution >= 4 is 27.5 Å². The van der Waals surface area contributed by atoms with Crippen LogP contribution in [-0.4, -0.2) is 54.9 Å². The molecular weight excluding hydrogens is 386 g/mol. The van der Waals surface area contributed by atoms with E-state index in [0.717, 1.165) is 49.3 Å². The zero-order valence-electron chi connectivity index (χ0n) is 16.2. The van der Waals surface area contributed by atoms with E-state index in [0.29, 0.717) is 18.3 Å². The van der Waals surface area contributed by atoms with Gasteiger partial charge in [-0.1, -0.05) is 12.1 Å². The molecule has 2 aromatic heterocycles. The van der Waals surface area contributed by atoms with Crippen LogP contribution in [0.1, 0.15) is 36.7 Å². The number of nitrogens with zero attached hydrogens (tertiary/aromatic N) is 5. The zero-order chi connectivity index (χ0) is 19.8. The van der Waals surface area contributed by atoms with Crippen LogP contribution in [0, 0.1) is 11.8 Å². The molecule has 2 aliphatic rings. The van der Waals surface area contributed by atoms with Crippen molar-refractivity contribution in [1.82, 2.24) is 24.6 Å². The Hall–Kier alpha value is -2.32. The zero-order valence-corrected chi connectivity index (χ0v) is 17.0. The second-order valence-corrected chi connectivity index (χ2v) is 9.34. The standard InChI is InChI=1S/C21H25N5O2S/c27-18-9-15-11-25(10-14(15)8-17(18)26-13-22-12-23-26)21(28)7-3-6-20-24-16-4-1-2-5-19(16)29-20/h1-2,4-5,12-15,17-18,27H,3,6-11H2/t14-,15+,17-,18-/m1/s1. The maximum absolute atomic E-state index is 12.8. The number of para-hydroxylation sites is 1. The summed E-state index contributed by atoms with van der Waals surface area (Å²) >= 11 is 1.72. The van der Waals surface area contributed by atoms with Crippen molar-refractivity contribution < 1.29 is 9.90 Å². The van der Waals surface area contributed by atoms with Gasteiger partial charge in [-0.25, -0.2) is 14.6 Å². The number of hydrogen-bond acceptors (Lipinski definition) is 6. The number of aromatic nitrogens is 4. The monoisotopic (exact) mass is 411 g/mol. The van der Waals surface area contributed by atoms with E-state index >= 15 is 0 Å². The second-order valence-electron chi connectivity index (χ2n) is 8.23. The second kappa shape index (κ2) is 7.84. The Bertz CT molecular complexity index is 955. The van der Waals surface area contributed by atoms with Gasteiger partial charge in [0.25, 0.3) is 0 Å². The first-order valence-electron chi connectivity index (χ1n) is 10.3. The number of carbonyl (C=O) groups is 1. The van der Waals surface area contributed by atoms with Crippen LogP contribution in [0.25, 0.3) is 10.2 Å². The van der Waals surface area contributed by atoms with Crippen molar-refractivity contribution in [2.75, 3.05) is 13.1 Å². The van der Waals surface area contributed by atoms with E-state index in [2.05, 4.69) is 21.1 Å². The molecule has 1 aliphatic heterocycles. The van der Waals surface area contributed by atoms with Crippen LogP contribution in [-0.2, 0) is 11.2 Å². The third kappa shape index (κ3) is 3.79. The fourth-order valence-corrected chi connectivity index (χ4v) is 5.87. The van der Waals surface area contributed by atoms with Crippen LogP contribution in [0.2, 0.25) is 0 Å². The minimum absolute atomic E-state index is 0.0344. The largest absolute Gasteiger partial charge is 0.391 e. The van der Waals surface area contributed by atoms with Gasteiger partial charge in [-0.15, -0.1) is 11.3 Å². The molecule has 0 bridgehead atoms. The summed E-state index contributed by atoms with van der Waals surface area (Å²) in [4.78, 5) is 23.4. The average molecular weight is 412 g/mol. The van der Waals surface area contributed by atoms with Gasteiger partial charge in [0, 0.05) is 19.5 Å². The highest BCUT2D eigenvalue weighted by molar-refractivity contribution is 7.18. The summed E-state index contributed by atoms with van der Waals surface area (Å²) < 4.78 is 2.97. The Morgan fingerprint density at radius 2 is 2.03 bits per heavy atom. The van der Waals surface area contributed by atoms with Gasteiger partial charge in [-0.05, 0) is 49.7 Å². The number of fused-ring (bicyclic) bond motifs is 2. The van der Waals surface area contributed by atoms with Gasteiger partial charge >= 0.3 is 0 Å². The molecule has 4 atom stereocenters. The summed E-state index contributed by atoms with van der Waals surface area (Å²) in [5, 5.41) is 15.9. The molecule has 7 nitrogen and oxygen atoms in total. The topological polar surface area (TPSA) is 84.1 Å². The lowest BCUT2D eigenvalue weighted by Crippen LogP contribution is -2.36. The summed E-state index contributed by atoms with van der Waals surface area (Å²) in [6, 6.07) is 8.13. The molecular formula is C21H25N5O2S. The van der Waals surface area contributed by atoms with Gasteiger partial charge in [0.2, 0.25) is 5.91 Å². The van der Waals surface area contributed by atoms with E-state index in [4.69, 9.17) is 0 Å². The molecule has 1 aliphatic carbocycles. The van der Waals surface area contributed by atoms with Crippen LogP contribution in [0.3, 0.4) is 0 Å². The molecule has 1 aromatic carbocycles. The predicted molar refractivity (Wildman–Crippen MR) is 110 cm³/mol. The fourth-order valence-electron chi connectivity index (χ4n) is 4.86. The Kier molecular flexibility index (Phi) is 5.05. The van der Waals surface area contributed by atoms with E-state index in [-0.39, 0.29) is 11.9 Å². The van der Waals surface area contributed by atoms with Crippen molar-refractivity contribution in [3.63, 3.8) is 0 Å². The van der Waals surface area contributed by atoms with E-state index in [1.165, 1.54) is 11.0 Å². The molecule has 152 valence electrons. The number of hydrogen-bond donors (Lipinski definition) is 1. The minimum atomic E-state index is -0.424. The first kappa shape index (κ1) is 18.7. The summed E-state index contributed by atoms with van der Waals surface area (Å²) in [5.41, 5.74) is 1.04. The molecule has 1 saturated carbocycles. The highest BCUT2D eigenvalue weighted by Gasteiger charge is 2.43. The number of aryl methyl sites for hydroxylation is 1. The van der Waals surface area contributed by atoms with Gasteiger partial charge < -0.3 is 10.0 Å². The normalized spacial score (nSPS) is 26.7. The average Bonchev–Trinajstić information content (AvgIpc) is 3.45. The number of thiazole rings is 1. The van der Waals surface area contributed by atoms with Crippen LogP contribution in [0.5, 0.6) is 0 Å². The van der Waals surface area contributed by atoms with E-state index < -0.39 is 6.10 Å². The maximum atomic E-state index is 12.8. The van der Waals surface area contributed by atoms with Crippen molar-refractivity contribution in [3.05, 3.63) is 41.9 Å². The first-order chi connectivity index (χ1) is 14.2. The van der Waals surface area contributed by atoms with E-state index in [1.807, 2.05) is 23.1 Å².